The molecule has 2 aromatic carbocycles. The third kappa shape index (κ3) is 5.61. The van der Waals surface area contributed by atoms with Crippen molar-refractivity contribution in [3.63, 3.8) is 0 Å². The number of halogens is 2. The van der Waals surface area contributed by atoms with Crippen molar-refractivity contribution < 1.29 is 14.0 Å². The lowest BCUT2D eigenvalue weighted by molar-refractivity contribution is -0.117. The van der Waals surface area contributed by atoms with Gasteiger partial charge in [-0.1, -0.05) is 35.1 Å². The van der Waals surface area contributed by atoms with Gasteiger partial charge in [-0.05, 0) is 42.0 Å². The molecule has 1 N–H and O–H groups in total. The minimum Gasteiger partial charge on any atom is -0.312 e. The van der Waals surface area contributed by atoms with Crippen LogP contribution in [0.2, 0.25) is 5.02 Å². The summed E-state index contributed by atoms with van der Waals surface area (Å²) in [7, 11) is 0. The summed E-state index contributed by atoms with van der Waals surface area (Å²) in [5.41, 5.74) is 1.75. The van der Waals surface area contributed by atoms with Crippen LogP contribution in [0.3, 0.4) is 0 Å². The van der Waals surface area contributed by atoms with E-state index in [0.717, 1.165) is 5.56 Å². The molecule has 1 atom stereocenters. The average Bonchev–Trinajstić information content (AvgIpc) is 3.37. The van der Waals surface area contributed by atoms with E-state index in [4.69, 9.17) is 11.6 Å². The molecule has 6 nitrogen and oxygen atoms in total. The normalized spacial score (nSPS) is 16.0. The largest absolute Gasteiger partial charge is 0.312 e. The Morgan fingerprint density at radius 1 is 1.19 bits per heavy atom. The summed E-state index contributed by atoms with van der Waals surface area (Å²) in [5.74, 6) is 0.337. The maximum Gasteiger partial charge on any atom is 0.236 e. The van der Waals surface area contributed by atoms with Crippen molar-refractivity contribution in [2.75, 3.05) is 22.5 Å². The molecule has 2 heterocycles. The topological polar surface area (TPSA) is 75.2 Å². The number of amides is 2. The summed E-state index contributed by atoms with van der Waals surface area (Å²) in [6.07, 6.45) is 0.302. The minimum absolute atomic E-state index is 0.0454. The van der Waals surface area contributed by atoms with E-state index in [2.05, 4.69) is 15.5 Å². The monoisotopic (exact) mass is 476 g/mol. The zero-order chi connectivity index (χ0) is 21.8. The Balaban J connectivity index is 1.29. The number of aromatic nitrogens is 2. The van der Waals surface area contributed by atoms with Crippen LogP contribution in [0.5, 0.6) is 0 Å². The lowest BCUT2D eigenvalue weighted by Crippen LogP contribution is -2.24. The number of thioether (sulfide) groups is 1. The molecule has 160 valence electrons. The Hall–Kier alpha value is -2.49. The number of nitrogens with one attached hydrogen (secondary N) is 1. The maximum absolute atomic E-state index is 13.1. The number of anilines is 2. The van der Waals surface area contributed by atoms with Crippen LogP contribution in [0.15, 0.2) is 48.5 Å². The molecule has 3 aromatic rings. The van der Waals surface area contributed by atoms with Crippen LogP contribution in [0.1, 0.15) is 22.9 Å². The molecule has 1 fully saturated rings. The molecule has 0 aliphatic carbocycles. The zero-order valence-electron chi connectivity index (χ0n) is 16.3. The molecule has 1 aliphatic heterocycles. The van der Waals surface area contributed by atoms with Crippen molar-refractivity contribution in [1.82, 2.24) is 10.2 Å². The highest BCUT2D eigenvalue weighted by Crippen LogP contribution is 2.34. The van der Waals surface area contributed by atoms with E-state index in [-0.39, 0.29) is 29.3 Å². The quantitative estimate of drug-likeness (QED) is 0.534. The Bertz CT molecular complexity index is 1080. The summed E-state index contributed by atoms with van der Waals surface area (Å²) in [5, 5.41) is 12.8. The molecule has 1 aromatic heterocycles. The number of carbonyl (C=O) groups excluding carboxylic acids is 2. The molecule has 0 radical (unpaired) electrons. The number of rotatable bonds is 7. The van der Waals surface area contributed by atoms with Gasteiger partial charge in [-0.15, -0.1) is 22.0 Å². The Labute approximate surface area is 191 Å². The summed E-state index contributed by atoms with van der Waals surface area (Å²) >= 11 is 8.64. The fraction of sp³-hybridized carbons (Fsp3) is 0.238. The summed E-state index contributed by atoms with van der Waals surface area (Å²) in [6.45, 7) is 0.448. The lowest BCUT2D eigenvalue weighted by Gasteiger charge is -2.16. The van der Waals surface area contributed by atoms with Crippen molar-refractivity contribution in [3.8, 4) is 0 Å². The third-order valence-corrected chi connectivity index (χ3v) is 6.97. The number of nitrogens with zero attached hydrogens (tertiary/aromatic N) is 3. The van der Waals surface area contributed by atoms with Gasteiger partial charge in [0.15, 0.2) is 0 Å². The van der Waals surface area contributed by atoms with Crippen LogP contribution in [-0.4, -0.2) is 34.3 Å². The van der Waals surface area contributed by atoms with Gasteiger partial charge >= 0.3 is 0 Å². The standard InChI is InChI=1S/C21H18ClFN4O2S2/c22-15-3-1-13(2-4-15)11-30-12-18(28)24-21-26-25-20(31-21)14-9-19(29)27(10-14)17-7-5-16(23)6-8-17/h1-8,14H,9-12H2,(H,24,26,28). The second kappa shape index (κ2) is 9.76. The molecule has 0 spiro atoms. The van der Waals surface area contributed by atoms with Gasteiger partial charge in [0.2, 0.25) is 16.9 Å². The first-order chi connectivity index (χ1) is 15.0. The summed E-state index contributed by atoms with van der Waals surface area (Å²) in [4.78, 5) is 26.2. The maximum atomic E-state index is 13.1. The minimum atomic E-state index is -0.345. The molecule has 1 aliphatic rings. The molecular formula is C21H18ClFN4O2S2. The molecule has 31 heavy (non-hydrogen) atoms. The fourth-order valence-electron chi connectivity index (χ4n) is 3.19. The second-order valence-electron chi connectivity index (χ2n) is 6.99. The molecule has 0 bridgehead atoms. The number of hydrogen-bond donors (Lipinski definition) is 1. The van der Waals surface area contributed by atoms with Crippen LogP contribution in [-0.2, 0) is 15.3 Å². The Morgan fingerprint density at radius 3 is 2.68 bits per heavy atom. The smallest absolute Gasteiger partial charge is 0.236 e. The predicted molar refractivity (Wildman–Crippen MR) is 122 cm³/mol. The SMILES string of the molecule is O=C(CSCc1ccc(Cl)cc1)Nc1nnc(C2CC(=O)N(c3ccc(F)cc3)C2)s1. The number of benzene rings is 2. The Morgan fingerprint density at radius 2 is 1.94 bits per heavy atom. The predicted octanol–water partition coefficient (Wildman–Crippen LogP) is 4.72. The van der Waals surface area contributed by atoms with E-state index in [1.165, 1.54) is 35.2 Å². The highest BCUT2D eigenvalue weighted by atomic mass is 35.5. The third-order valence-electron chi connectivity index (χ3n) is 4.71. The van der Waals surface area contributed by atoms with Gasteiger partial charge in [-0.25, -0.2) is 4.39 Å². The Kier molecular flexibility index (Phi) is 6.84. The van der Waals surface area contributed by atoms with Gasteiger partial charge in [0.1, 0.15) is 10.8 Å². The van der Waals surface area contributed by atoms with E-state index in [1.54, 1.807) is 17.0 Å². The molecule has 10 heteroatoms. The van der Waals surface area contributed by atoms with Crippen molar-refractivity contribution in [2.45, 2.75) is 18.1 Å². The van der Waals surface area contributed by atoms with E-state index < -0.39 is 0 Å². The second-order valence-corrected chi connectivity index (χ2v) is 9.43. The van der Waals surface area contributed by atoms with Gasteiger partial charge in [-0.2, -0.15) is 0 Å². The van der Waals surface area contributed by atoms with Crippen LogP contribution < -0.4 is 10.2 Å². The van der Waals surface area contributed by atoms with Gasteiger partial charge in [0.05, 0.1) is 5.75 Å². The fourth-order valence-corrected chi connectivity index (χ4v) is 4.96. The van der Waals surface area contributed by atoms with Crippen LogP contribution in [0.25, 0.3) is 0 Å². The molecule has 1 unspecified atom stereocenters. The van der Waals surface area contributed by atoms with E-state index in [1.807, 2.05) is 24.3 Å². The molecule has 4 rings (SSSR count). The van der Waals surface area contributed by atoms with E-state index in [9.17, 15) is 14.0 Å². The van der Waals surface area contributed by atoms with Crippen molar-refractivity contribution in [3.05, 3.63) is 69.9 Å². The first-order valence-electron chi connectivity index (χ1n) is 9.49. The molecule has 2 amide bonds. The summed E-state index contributed by atoms with van der Waals surface area (Å²) < 4.78 is 13.1. The highest BCUT2D eigenvalue weighted by Gasteiger charge is 2.34. The molecule has 1 saturated heterocycles. The van der Waals surface area contributed by atoms with E-state index >= 15 is 0 Å². The highest BCUT2D eigenvalue weighted by molar-refractivity contribution is 7.99. The van der Waals surface area contributed by atoms with Gasteiger partial charge in [-0.3, -0.25) is 14.9 Å². The van der Waals surface area contributed by atoms with E-state index in [0.29, 0.717) is 39.6 Å². The van der Waals surface area contributed by atoms with Gasteiger partial charge in [0.25, 0.3) is 0 Å². The van der Waals surface area contributed by atoms with Crippen LogP contribution >= 0.6 is 34.7 Å². The van der Waals surface area contributed by atoms with Crippen molar-refractivity contribution >= 4 is 57.3 Å². The van der Waals surface area contributed by atoms with Crippen LogP contribution in [0, 0.1) is 5.82 Å². The zero-order valence-corrected chi connectivity index (χ0v) is 18.6. The number of carbonyl (C=O) groups is 2. The van der Waals surface area contributed by atoms with Gasteiger partial charge in [0, 0.05) is 35.3 Å². The summed E-state index contributed by atoms with van der Waals surface area (Å²) in [6, 6.07) is 13.4. The van der Waals surface area contributed by atoms with Crippen LogP contribution in [0.4, 0.5) is 15.2 Å². The van der Waals surface area contributed by atoms with Crippen molar-refractivity contribution in [1.29, 1.82) is 0 Å². The lowest BCUT2D eigenvalue weighted by atomic mass is 10.1. The van der Waals surface area contributed by atoms with Gasteiger partial charge < -0.3 is 4.90 Å². The average molecular weight is 477 g/mol. The molecule has 0 saturated carbocycles. The molecular weight excluding hydrogens is 459 g/mol. The van der Waals surface area contributed by atoms with Crippen molar-refractivity contribution in [2.24, 2.45) is 0 Å². The number of hydrogen-bond acceptors (Lipinski definition) is 6. The first-order valence-corrected chi connectivity index (χ1v) is 11.8. The first kappa shape index (κ1) is 21.7.